The Bertz CT molecular complexity index is 1850. The quantitative estimate of drug-likeness (QED) is 0.0426. The van der Waals surface area contributed by atoms with Crippen LogP contribution in [0, 0.1) is 31.0 Å². The smallest absolute Gasteiger partial charge is 0.303 e. The number of para-hydroxylation sites is 4. The van der Waals surface area contributed by atoms with Crippen LogP contribution >= 0.6 is 0 Å². The van der Waals surface area contributed by atoms with Crippen molar-refractivity contribution in [3.8, 4) is 11.4 Å². The lowest BCUT2D eigenvalue weighted by atomic mass is 10.2. The van der Waals surface area contributed by atoms with Gasteiger partial charge in [0, 0.05) is 48.3 Å². The first kappa shape index (κ1) is 40.3. The number of carboxylic acids is 2. The molecule has 20 heteroatoms. The molecule has 0 amide bonds. The SMILES string of the molecule is N=C(N)N/N=C/C=C/c1cccn1-c1ccccc1[N+](=O)[O-].N=C(N)N/N=C/C=C/c1cccn1-c1ccccc1[N+](=O)[O-].O=C(O)CCC(=O)O. The van der Waals surface area contributed by atoms with E-state index in [0.717, 1.165) is 11.4 Å². The maximum absolute atomic E-state index is 11.1. The van der Waals surface area contributed by atoms with Crippen LogP contribution in [-0.4, -0.2) is 65.5 Å². The van der Waals surface area contributed by atoms with Crippen LogP contribution in [0.1, 0.15) is 24.2 Å². The molecule has 10 N–H and O–H groups in total. The Hall–Kier alpha value is -7.90. The third kappa shape index (κ3) is 14.1. The van der Waals surface area contributed by atoms with Crippen LogP contribution in [0.2, 0.25) is 0 Å². The Morgan fingerprint density at radius 2 is 1.06 bits per heavy atom. The van der Waals surface area contributed by atoms with Crippen molar-refractivity contribution in [3.63, 3.8) is 0 Å². The fourth-order valence-electron chi connectivity index (χ4n) is 3.94. The summed E-state index contributed by atoms with van der Waals surface area (Å²) in [5.41, 5.74) is 17.2. The molecule has 0 bridgehead atoms. The summed E-state index contributed by atoms with van der Waals surface area (Å²) in [6.07, 6.45) is 12.5. The average molecular weight is 715 g/mol. The van der Waals surface area contributed by atoms with Gasteiger partial charge < -0.3 is 30.8 Å². The molecule has 0 spiro atoms. The number of nitro benzene ring substituents is 2. The van der Waals surface area contributed by atoms with Crippen molar-refractivity contribution >= 4 is 59.8 Å². The molecule has 0 saturated carbocycles. The lowest BCUT2D eigenvalue weighted by molar-refractivity contribution is -0.384. The lowest BCUT2D eigenvalue weighted by Crippen LogP contribution is -2.25. The molecule has 0 aliphatic rings. The molecule has 0 saturated heterocycles. The molecule has 2 aromatic heterocycles. The van der Waals surface area contributed by atoms with Crippen molar-refractivity contribution < 1.29 is 29.6 Å². The molecular weight excluding hydrogens is 680 g/mol. The van der Waals surface area contributed by atoms with Gasteiger partial charge in [0.05, 0.1) is 22.7 Å². The number of guanidine groups is 2. The van der Waals surface area contributed by atoms with Gasteiger partial charge in [-0.25, -0.2) is 10.9 Å². The van der Waals surface area contributed by atoms with E-state index in [0.29, 0.717) is 11.4 Å². The van der Waals surface area contributed by atoms with E-state index in [9.17, 15) is 29.8 Å². The summed E-state index contributed by atoms with van der Waals surface area (Å²) < 4.78 is 3.42. The van der Waals surface area contributed by atoms with Crippen LogP contribution in [0.4, 0.5) is 11.4 Å². The molecule has 20 nitrogen and oxygen atoms in total. The second-order valence-corrected chi connectivity index (χ2v) is 9.71. The van der Waals surface area contributed by atoms with Crippen molar-refractivity contribution in [2.24, 2.45) is 21.7 Å². The summed E-state index contributed by atoms with van der Waals surface area (Å²) in [6, 6.07) is 20.2. The van der Waals surface area contributed by atoms with E-state index in [1.165, 1.54) is 24.6 Å². The number of nitro groups is 2. The molecule has 0 fully saturated rings. The van der Waals surface area contributed by atoms with Crippen molar-refractivity contribution in [2.75, 3.05) is 0 Å². The Morgan fingerprint density at radius 3 is 1.38 bits per heavy atom. The largest absolute Gasteiger partial charge is 0.481 e. The van der Waals surface area contributed by atoms with Gasteiger partial charge in [0.1, 0.15) is 11.4 Å². The van der Waals surface area contributed by atoms with Crippen LogP contribution in [0.3, 0.4) is 0 Å². The number of aliphatic carboxylic acids is 2. The first-order chi connectivity index (χ1) is 24.8. The third-order valence-electron chi connectivity index (χ3n) is 6.01. The minimum absolute atomic E-state index is 0.0280. The van der Waals surface area contributed by atoms with E-state index in [2.05, 4.69) is 21.1 Å². The molecule has 2 heterocycles. The molecule has 0 aliphatic carbocycles. The predicted octanol–water partition coefficient (Wildman–Crippen LogP) is 3.67. The van der Waals surface area contributed by atoms with Crippen molar-refractivity contribution in [2.45, 2.75) is 12.8 Å². The van der Waals surface area contributed by atoms with Crippen LogP contribution in [-0.2, 0) is 9.59 Å². The maximum Gasteiger partial charge on any atom is 0.303 e. The Kier molecular flexibility index (Phi) is 16.4. The summed E-state index contributed by atoms with van der Waals surface area (Å²) in [5.74, 6) is -2.67. The number of rotatable bonds is 13. The minimum atomic E-state index is -1.08. The standard InChI is InChI=1S/2C14H14N6O2.C4H6O4/c2*15-14(16)18-17-9-3-5-11-6-4-10-19(11)12-7-1-2-8-13(12)20(21)22;5-3(6)1-2-4(7)8/h2*1-10H,(H4,15,16,18);1-2H2,(H,5,6)(H,7,8)/b2*5-3+,17-9+;. The molecule has 4 aromatic rings. The number of carbonyl (C=O) groups is 2. The maximum atomic E-state index is 11.1. The van der Waals surface area contributed by atoms with Crippen molar-refractivity contribution in [1.29, 1.82) is 10.8 Å². The number of nitrogens with zero attached hydrogens (tertiary/aromatic N) is 6. The number of hydrazone groups is 2. The van der Waals surface area contributed by atoms with Gasteiger partial charge in [0.25, 0.3) is 11.4 Å². The third-order valence-corrected chi connectivity index (χ3v) is 6.01. The van der Waals surface area contributed by atoms with Gasteiger partial charge in [-0.3, -0.25) is 40.6 Å². The second-order valence-electron chi connectivity index (χ2n) is 9.71. The summed E-state index contributed by atoms with van der Waals surface area (Å²) >= 11 is 0. The summed E-state index contributed by atoms with van der Waals surface area (Å²) in [5, 5.41) is 59.3. The summed E-state index contributed by atoms with van der Waals surface area (Å²) in [6.45, 7) is 0. The topological polar surface area (TPSA) is 319 Å². The number of aromatic nitrogens is 2. The normalized spacial score (nSPS) is 10.7. The van der Waals surface area contributed by atoms with Crippen LogP contribution in [0.25, 0.3) is 23.5 Å². The second kappa shape index (κ2) is 21.1. The van der Waals surface area contributed by atoms with Crippen molar-refractivity contribution in [3.05, 3.63) is 129 Å². The minimum Gasteiger partial charge on any atom is -0.481 e. The van der Waals surface area contributed by atoms with Crippen molar-refractivity contribution in [1.82, 2.24) is 20.0 Å². The lowest BCUT2D eigenvalue weighted by Gasteiger charge is -2.06. The molecule has 270 valence electrons. The Morgan fingerprint density at radius 1 is 0.692 bits per heavy atom. The highest BCUT2D eigenvalue weighted by Crippen LogP contribution is 2.25. The highest BCUT2D eigenvalue weighted by molar-refractivity contribution is 5.81. The van der Waals surface area contributed by atoms with Crippen LogP contribution in [0.15, 0.2) is 108 Å². The van der Waals surface area contributed by atoms with Gasteiger partial charge in [-0.2, -0.15) is 10.2 Å². The molecule has 0 atom stereocenters. The molecule has 0 unspecified atom stereocenters. The van der Waals surface area contributed by atoms with Gasteiger partial charge in [0.2, 0.25) is 11.9 Å². The molecule has 2 aromatic carbocycles. The van der Waals surface area contributed by atoms with E-state index >= 15 is 0 Å². The number of hydrogen-bond donors (Lipinski definition) is 8. The molecule has 52 heavy (non-hydrogen) atoms. The van der Waals surface area contributed by atoms with E-state index in [1.54, 1.807) is 94.4 Å². The average Bonchev–Trinajstić information content (AvgIpc) is 3.77. The van der Waals surface area contributed by atoms with E-state index in [4.69, 9.17) is 32.5 Å². The van der Waals surface area contributed by atoms with Gasteiger partial charge in [-0.1, -0.05) is 24.3 Å². The predicted molar refractivity (Wildman–Crippen MR) is 195 cm³/mol. The Labute approximate surface area is 295 Å². The zero-order chi connectivity index (χ0) is 38.5. The number of carboxylic acid groups (broad SMARTS) is 2. The summed E-state index contributed by atoms with van der Waals surface area (Å²) in [4.78, 5) is 40.7. The fourth-order valence-corrected chi connectivity index (χ4v) is 3.94. The van der Waals surface area contributed by atoms with Crippen LogP contribution < -0.4 is 22.3 Å². The summed E-state index contributed by atoms with van der Waals surface area (Å²) in [7, 11) is 0. The van der Waals surface area contributed by atoms with E-state index < -0.39 is 21.8 Å². The van der Waals surface area contributed by atoms with Gasteiger partial charge >= 0.3 is 11.9 Å². The molecule has 4 rings (SSSR count). The molecule has 0 aliphatic heterocycles. The first-order valence-corrected chi connectivity index (χ1v) is 14.7. The highest BCUT2D eigenvalue weighted by Gasteiger charge is 2.16. The van der Waals surface area contributed by atoms with Crippen LogP contribution in [0.5, 0.6) is 0 Å². The first-order valence-electron chi connectivity index (χ1n) is 14.7. The van der Waals surface area contributed by atoms with Gasteiger partial charge in [0.15, 0.2) is 0 Å². The number of nitrogens with one attached hydrogen (secondary N) is 4. The van der Waals surface area contributed by atoms with E-state index in [1.807, 2.05) is 12.1 Å². The number of hydrogen-bond acceptors (Lipinski definition) is 10. The molecule has 0 radical (unpaired) electrons. The molecular formula is C32H34N12O8. The zero-order valence-electron chi connectivity index (χ0n) is 27.1. The monoisotopic (exact) mass is 714 g/mol. The Balaban J connectivity index is 0.000000299. The van der Waals surface area contributed by atoms with Gasteiger partial charge in [-0.15, -0.1) is 0 Å². The number of allylic oxidation sites excluding steroid dienone is 2. The highest BCUT2D eigenvalue weighted by atomic mass is 16.6. The van der Waals surface area contributed by atoms with E-state index in [-0.39, 0.29) is 36.1 Å². The number of nitrogens with two attached hydrogens (primary N) is 2. The zero-order valence-corrected chi connectivity index (χ0v) is 27.1. The number of benzene rings is 2. The van der Waals surface area contributed by atoms with Gasteiger partial charge in [-0.05, 0) is 60.7 Å². The fraction of sp³-hybridized carbons (Fsp3) is 0.0625.